The highest BCUT2D eigenvalue weighted by molar-refractivity contribution is 6.03. The fourth-order valence-electron chi connectivity index (χ4n) is 4.10. The molecule has 3 aromatic rings. The first kappa shape index (κ1) is 31.7. The van der Waals surface area contributed by atoms with Crippen LogP contribution < -0.4 is 15.4 Å². The molecule has 0 unspecified atom stereocenters. The number of carbonyl (C=O) groups excluding carboxylic acids is 1. The number of amides is 1. The lowest BCUT2D eigenvalue weighted by atomic mass is 9.86. The molecule has 3 N–H and O–H groups in total. The predicted molar refractivity (Wildman–Crippen MR) is 153 cm³/mol. The van der Waals surface area contributed by atoms with Gasteiger partial charge in [-0.2, -0.15) is 13.2 Å². The summed E-state index contributed by atoms with van der Waals surface area (Å²) in [5, 5.41) is 14.0. The van der Waals surface area contributed by atoms with Crippen molar-refractivity contribution >= 4 is 34.7 Å². The maximum Gasteiger partial charge on any atom is 0.482 e. The van der Waals surface area contributed by atoms with Gasteiger partial charge in [0.15, 0.2) is 0 Å². The van der Waals surface area contributed by atoms with E-state index in [9.17, 15) is 27.9 Å². The van der Waals surface area contributed by atoms with Gasteiger partial charge in [0, 0.05) is 34.8 Å². The molecule has 0 fully saturated rings. The normalized spacial score (nSPS) is 12.2. The number of nitrogens with one attached hydrogen (secondary N) is 2. The van der Waals surface area contributed by atoms with Crippen LogP contribution in [0.3, 0.4) is 0 Å². The zero-order chi connectivity index (χ0) is 31.2. The Morgan fingerprint density at radius 3 is 2.33 bits per heavy atom. The van der Waals surface area contributed by atoms with Gasteiger partial charge in [-0.1, -0.05) is 12.6 Å². The number of methoxy groups -OCH3 is 1. The molecule has 0 aliphatic rings. The van der Waals surface area contributed by atoms with E-state index in [0.29, 0.717) is 16.7 Å². The fourth-order valence-corrected chi connectivity index (χ4v) is 4.10. The first-order valence-corrected chi connectivity index (χ1v) is 12.6. The van der Waals surface area contributed by atoms with Crippen molar-refractivity contribution in [3.63, 3.8) is 0 Å². The number of halogens is 3. The van der Waals surface area contributed by atoms with Crippen molar-refractivity contribution in [1.29, 1.82) is 0 Å². The van der Waals surface area contributed by atoms with Crippen LogP contribution in [0.25, 0.3) is 11.1 Å². The van der Waals surface area contributed by atoms with Gasteiger partial charge in [0.2, 0.25) is 5.88 Å². The second-order valence-corrected chi connectivity index (χ2v) is 10.2. The number of anilines is 2. The minimum Gasteiger partial charge on any atom is -0.481 e. The Kier molecular flexibility index (Phi) is 9.61. The fraction of sp³-hybridized carbons (Fsp3) is 0.267. The lowest BCUT2D eigenvalue weighted by Gasteiger charge is -2.21. The third-order valence-corrected chi connectivity index (χ3v) is 5.76. The van der Waals surface area contributed by atoms with Gasteiger partial charge in [0.05, 0.1) is 7.11 Å². The first-order chi connectivity index (χ1) is 19.6. The monoisotopic (exact) mass is 584 g/mol. The molecular weight excluding hydrogens is 553 g/mol. The molecule has 9 nitrogen and oxygen atoms in total. The van der Waals surface area contributed by atoms with Gasteiger partial charge < -0.3 is 14.6 Å². The van der Waals surface area contributed by atoms with E-state index in [1.165, 1.54) is 49.9 Å². The Labute approximate surface area is 241 Å². The molecule has 0 saturated heterocycles. The summed E-state index contributed by atoms with van der Waals surface area (Å²) in [7, 11) is 1.35. The summed E-state index contributed by atoms with van der Waals surface area (Å²) in [4.78, 5) is 32.7. The van der Waals surface area contributed by atoms with Crippen LogP contribution >= 0.6 is 0 Å². The number of carboxylic acids is 1. The molecule has 1 amide bonds. The van der Waals surface area contributed by atoms with Gasteiger partial charge in [-0.05, 0) is 92.8 Å². The van der Waals surface area contributed by atoms with Gasteiger partial charge >= 0.3 is 18.4 Å². The van der Waals surface area contributed by atoms with Gasteiger partial charge in [0.1, 0.15) is 11.4 Å². The van der Waals surface area contributed by atoms with Crippen LogP contribution in [0.15, 0.2) is 67.0 Å². The Morgan fingerprint density at radius 2 is 1.71 bits per heavy atom. The van der Waals surface area contributed by atoms with Crippen molar-refractivity contribution in [2.45, 2.75) is 46.0 Å². The summed E-state index contributed by atoms with van der Waals surface area (Å²) in [6.45, 7) is 10.7. The number of carboxylic acid groups (broad SMARTS) is 1. The summed E-state index contributed by atoms with van der Waals surface area (Å²) in [6.07, 6.45) is -2.31. The molecule has 0 aliphatic heterocycles. The molecule has 1 aromatic carbocycles. The van der Waals surface area contributed by atoms with E-state index in [4.69, 9.17) is 9.47 Å². The number of pyridine rings is 2. The zero-order valence-corrected chi connectivity index (χ0v) is 23.7. The molecule has 0 spiro atoms. The summed E-state index contributed by atoms with van der Waals surface area (Å²) >= 11 is 0. The summed E-state index contributed by atoms with van der Waals surface area (Å²) in [5.41, 5.74) is 0.898. The highest BCUT2D eigenvalue weighted by atomic mass is 19.4. The van der Waals surface area contributed by atoms with Crippen LogP contribution in [-0.4, -0.2) is 46.1 Å². The SMILES string of the molecule is C=C(Cc1ccnc(NC(=O)OC(C)(C)C)c1)c1ccc(NC(F)(F)F)cc1/C(=C(\C)C(=O)O)c1cccnc1OC. The number of hydrogen-bond acceptors (Lipinski definition) is 7. The average Bonchev–Trinajstić information content (AvgIpc) is 2.87. The van der Waals surface area contributed by atoms with Crippen molar-refractivity contribution in [3.05, 3.63) is 89.3 Å². The molecule has 0 radical (unpaired) electrons. The third-order valence-electron chi connectivity index (χ3n) is 5.76. The van der Waals surface area contributed by atoms with Crippen LogP contribution in [0, 0.1) is 0 Å². The second-order valence-electron chi connectivity index (χ2n) is 10.2. The summed E-state index contributed by atoms with van der Waals surface area (Å²) < 4.78 is 50.4. The van der Waals surface area contributed by atoms with Crippen molar-refractivity contribution in [2.75, 3.05) is 17.7 Å². The molecule has 2 heterocycles. The van der Waals surface area contributed by atoms with Crippen LogP contribution in [0.5, 0.6) is 5.88 Å². The van der Waals surface area contributed by atoms with E-state index in [1.54, 1.807) is 45.0 Å². The van der Waals surface area contributed by atoms with E-state index in [-0.39, 0.29) is 46.1 Å². The van der Waals surface area contributed by atoms with E-state index < -0.39 is 24.0 Å². The van der Waals surface area contributed by atoms with Crippen molar-refractivity contribution < 1.29 is 37.3 Å². The second kappa shape index (κ2) is 12.8. The number of aliphatic carboxylic acids is 1. The largest absolute Gasteiger partial charge is 0.482 e. The van der Waals surface area contributed by atoms with Crippen molar-refractivity contribution in [1.82, 2.24) is 9.97 Å². The average molecular weight is 585 g/mol. The molecule has 222 valence electrons. The smallest absolute Gasteiger partial charge is 0.481 e. The molecule has 2 aromatic heterocycles. The topological polar surface area (TPSA) is 123 Å². The zero-order valence-electron chi connectivity index (χ0n) is 23.7. The number of alkyl halides is 3. The van der Waals surface area contributed by atoms with Crippen LogP contribution in [-0.2, 0) is 16.0 Å². The molecule has 0 aliphatic carbocycles. The lowest BCUT2D eigenvalue weighted by Crippen LogP contribution is -2.27. The van der Waals surface area contributed by atoms with E-state index in [0.717, 1.165) is 0 Å². The van der Waals surface area contributed by atoms with Crippen LogP contribution in [0.4, 0.5) is 29.5 Å². The number of ether oxygens (including phenoxy) is 2. The summed E-state index contributed by atoms with van der Waals surface area (Å²) in [6, 6.07) is 10.3. The van der Waals surface area contributed by atoms with Crippen molar-refractivity contribution in [3.8, 4) is 5.88 Å². The highest BCUT2D eigenvalue weighted by Crippen LogP contribution is 2.38. The van der Waals surface area contributed by atoms with Gasteiger partial charge in [0.25, 0.3) is 0 Å². The molecule has 0 bridgehead atoms. The number of rotatable bonds is 9. The van der Waals surface area contributed by atoms with E-state index in [2.05, 4.69) is 21.9 Å². The Hall–Kier alpha value is -4.87. The van der Waals surface area contributed by atoms with Crippen molar-refractivity contribution in [2.24, 2.45) is 0 Å². The maximum absolute atomic E-state index is 13.3. The van der Waals surface area contributed by atoms with E-state index >= 15 is 0 Å². The number of nitrogens with zero attached hydrogens (tertiary/aromatic N) is 2. The standard InChI is InChI=1S/C30H31F3N4O5/c1-17(14-19-11-13-34-24(15-19)36-28(40)42-29(3,4)5)21-10-9-20(37-30(31,32)33)16-23(21)25(18(2)27(38)39)22-8-7-12-35-26(22)41-6/h7-13,15-16,37H,1,14H2,2-6H3,(H,38,39)(H,34,36,40)/b25-18+. The van der Waals surface area contributed by atoms with E-state index in [1.807, 2.05) is 0 Å². The lowest BCUT2D eigenvalue weighted by molar-refractivity contribution is -0.132. The number of allylic oxidation sites excluding steroid dienone is 1. The molecule has 0 atom stereocenters. The highest BCUT2D eigenvalue weighted by Gasteiger charge is 2.28. The Balaban J connectivity index is 2.11. The Bertz CT molecular complexity index is 1530. The van der Waals surface area contributed by atoms with Gasteiger partial charge in [-0.15, -0.1) is 0 Å². The number of carbonyl (C=O) groups is 2. The minimum absolute atomic E-state index is 0.0887. The van der Waals surface area contributed by atoms with Crippen LogP contribution in [0.1, 0.15) is 49.9 Å². The molecule has 42 heavy (non-hydrogen) atoms. The number of hydrogen-bond donors (Lipinski definition) is 3. The Morgan fingerprint density at radius 1 is 1.00 bits per heavy atom. The number of benzene rings is 1. The minimum atomic E-state index is -4.73. The predicted octanol–water partition coefficient (Wildman–Crippen LogP) is 6.93. The molecule has 12 heteroatoms. The molecule has 3 rings (SSSR count). The van der Waals surface area contributed by atoms with Gasteiger partial charge in [-0.25, -0.2) is 19.6 Å². The molecular formula is C30H31F3N4O5. The maximum atomic E-state index is 13.3. The summed E-state index contributed by atoms with van der Waals surface area (Å²) in [5.74, 6) is -0.971. The van der Waals surface area contributed by atoms with Crippen LogP contribution in [0.2, 0.25) is 0 Å². The quantitative estimate of drug-likeness (QED) is 0.183. The van der Waals surface area contributed by atoms with Gasteiger partial charge in [-0.3, -0.25) is 10.6 Å². The number of aromatic nitrogens is 2. The third kappa shape index (κ3) is 8.56. The first-order valence-electron chi connectivity index (χ1n) is 12.6. The molecule has 0 saturated carbocycles.